The number of carbonyl (C=O) groups excluding carboxylic acids is 1. The van der Waals surface area contributed by atoms with Crippen LogP contribution in [0.15, 0.2) is 40.9 Å². The Morgan fingerprint density at radius 3 is 2.52 bits per heavy atom. The average molecular weight is 387 g/mol. The minimum absolute atomic E-state index is 0.144. The molecule has 2 aromatic rings. The zero-order valence-electron chi connectivity index (χ0n) is 11.6. The number of aryl methyl sites for hydroxylation is 1. The SMILES string of the molecule is Cc1ccc(C(=O)NC(C)c2ccc(Cl)cc2Cl)cc1Br. The fourth-order valence-corrected chi connectivity index (χ4v) is 2.90. The minimum atomic E-state index is -0.206. The Morgan fingerprint density at radius 1 is 1.19 bits per heavy atom. The summed E-state index contributed by atoms with van der Waals surface area (Å²) in [5.74, 6) is -0.144. The van der Waals surface area contributed by atoms with E-state index in [2.05, 4.69) is 21.2 Å². The Kier molecular flexibility index (Phi) is 5.31. The lowest BCUT2D eigenvalue weighted by molar-refractivity contribution is 0.0940. The average Bonchev–Trinajstić information content (AvgIpc) is 2.41. The van der Waals surface area contributed by atoms with Crippen LogP contribution in [-0.4, -0.2) is 5.91 Å². The van der Waals surface area contributed by atoms with E-state index in [-0.39, 0.29) is 11.9 Å². The molecule has 2 aromatic carbocycles. The van der Waals surface area contributed by atoms with E-state index in [4.69, 9.17) is 23.2 Å². The van der Waals surface area contributed by atoms with Gasteiger partial charge in [0.25, 0.3) is 5.91 Å². The number of hydrogen-bond acceptors (Lipinski definition) is 1. The highest BCUT2D eigenvalue weighted by Gasteiger charge is 2.14. The van der Waals surface area contributed by atoms with E-state index >= 15 is 0 Å². The van der Waals surface area contributed by atoms with Gasteiger partial charge in [-0.2, -0.15) is 0 Å². The highest BCUT2D eigenvalue weighted by atomic mass is 79.9. The van der Waals surface area contributed by atoms with Crippen molar-refractivity contribution in [3.63, 3.8) is 0 Å². The first kappa shape index (κ1) is 16.3. The molecule has 21 heavy (non-hydrogen) atoms. The van der Waals surface area contributed by atoms with Gasteiger partial charge >= 0.3 is 0 Å². The molecular weight excluding hydrogens is 373 g/mol. The van der Waals surface area contributed by atoms with Gasteiger partial charge in [0.2, 0.25) is 0 Å². The molecule has 0 spiro atoms. The second-order valence-electron chi connectivity index (χ2n) is 4.82. The zero-order chi connectivity index (χ0) is 15.6. The monoisotopic (exact) mass is 385 g/mol. The van der Waals surface area contributed by atoms with E-state index in [0.717, 1.165) is 15.6 Å². The van der Waals surface area contributed by atoms with Crippen LogP contribution in [0.5, 0.6) is 0 Å². The number of halogens is 3. The van der Waals surface area contributed by atoms with Crippen LogP contribution in [-0.2, 0) is 0 Å². The van der Waals surface area contributed by atoms with Crippen LogP contribution < -0.4 is 5.32 Å². The van der Waals surface area contributed by atoms with Crippen LogP contribution in [0, 0.1) is 6.92 Å². The van der Waals surface area contributed by atoms with Crippen molar-refractivity contribution in [3.05, 3.63) is 67.6 Å². The first-order valence-electron chi connectivity index (χ1n) is 6.40. The first-order chi connectivity index (χ1) is 9.88. The summed E-state index contributed by atoms with van der Waals surface area (Å²) in [5, 5.41) is 4.05. The predicted molar refractivity (Wildman–Crippen MR) is 91.2 cm³/mol. The van der Waals surface area contributed by atoms with Gasteiger partial charge < -0.3 is 5.32 Å². The molecule has 1 N–H and O–H groups in total. The van der Waals surface area contributed by atoms with Gasteiger partial charge in [-0.05, 0) is 49.2 Å². The summed E-state index contributed by atoms with van der Waals surface area (Å²) in [4.78, 5) is 12.3. The standard InChI is InChI=1S/C16H14BrCl2NO/c1-9-3-4-11(7-14(9)17)16(21)20-10(2)13-6-5-12(18)8-15(13)19/h3-8,10H,1-2H3,(H,20,21). The number of amides is 1. The molecule has 0 fully saturated rings. The molecule has 0 saturated carbocycles. The number of benzene rings is 2. The van der Waals surface area contributed by atoms with Crippen molar-refractivity contribution in [1.29, 1.82) is 0 Å². The van der Waals surface area contributed by atoms with Crippen molar-refractivity contribution >= 4 is 45.0 Å². The summed E-state index contributed by atoms with van der Waals surface area (Å²) < 4.78 is 0.910. The van der Waals surface area contributed by atoms with E-state index in [1.54, 1.807) is 24.3 Å². The van der Waals surface area contributed by atoms with Crippen LogP contribution in [0.1, 0.15) is 34.5 Å². The van der Waals surface area contributed by atoms with Crippen molar-refractivity contribution in [2.45, 2.75) is 19.9 Å². The number of rotatable bonds is 3. The summed E-state index contributed by atoms with van der Waals surface area (Å²) in [6, 6.07) is 10.5. The summed E-state index contributed by atoms with van der Waals surface area (Å²) in [6.07, 6.45) is 0. The maximum atomic E-state index is 12.3. The Balaban J connectivity index is 2.16. The third kappa shape index (κ3) is 4.00. The third-order valence-electron chi connectivity index (χ3n) is 3.21. The molecule has 1 atom stereocenters. The first-order valence-corrected chi connectivity index (χ1v) is 7.95. The number of hydrogen-bond donors (Lipinski definition) is 1. The topological polar surface area (TPSA) is 29.1 Å². The number of nitrogens with one attached hydrogen (secondary N) is 1. The van der Waals surface area contributed by atoms with Crippen molar-refractivity contribution in [2.75, 3.05) is 0 Å². The van der Waals surface area contributed by atoms with Gasteiger partial charge in [-0.3, -0.25) is 4.79 Å². The molecule has 0 aliphatic heterocycles. The van der Waals surface area contributed by atoms with E-state index in [1.807, 2.05) is 26.0 Å². The van der Waals surface area contributed by atoms with Gasteiger partial charge in [-0.25, -0.2) is 0 Å². The van der Waals surface area contributed by atoms with Gasteiger partial charge in [0, 0.05) is 20.1 Å². The Labute approximate surface area is 142 Å². The molecule has 5 heteroatoms. The molecule has 0 aliphatic rings. The van der Waals surface area contributed by atoms with Gasteiger partial charge in [-0.1, -0.05) is 51.3 Å². The van der Waals surface area contributed by atoms with E-state index in [9.17, 15) is 4.79 Å². The molecule has 0 heterocycles. The summed E-state index contributed by atoms with van der Waals surface area (Å²) in [7, 11) is 0. The Hall–Kier alpha value is -1.03. The smallest absolute Gasteiger partial charge is 0.251 e. The number of carbonyl (C=O) groups is 1. The van der Waals surface area contributed by atoms with Crippen molar-refractivity contribution in [1.82, 2.24) is 5.32 Å². The van der Waals surface area contributed by atoms with Gasteiger partial charge in [0.05, 0.1) is 6.04 Å². The molecule has 0 bridgehead atoms. The van der Waals surface area contributed by atoms with E-state index in [1.165, 1.54) is 0 Å². The van der Waals surface area contributed by atoms with Crippen molar-refractivity contribution in [3.8, 4) is 0 Å². The molecule has 2 nitrogen and oxygen atoms in total. The lowest BCUT2D eigenvalue weighted by Crippen LogP contribution is -2.26. The van der Waals surface area contributed by atoms with Crippen LogP contribution in [0.2, 0.25) is 10.0 Å². The van der Waals surface area contributed by atoms with Crippen LogP contribution >= 0.6 is 39.1 Å². The van der Waals surface area contributed by atoms with E-state index < -0.39 is 0 Å². The molecule has 0 aliphatic carbocycles. The van der Waals surface area contributed by atoms with Crippen molar-refractivity contribution in [2.24, 2.45) is 0 Å². The molecule has 1 amide bonds. The molecule has 0 saturated heterocycles. The van der Waals surface area contributed by atoms with Gasteiger partial charge in [0.1, 0.15) is 0 Å². The fraction of sp³-hybridized carbons (Fsp3) is 0.188. The molecular formula is C16H14BrCl2NO. The van der Waals surface area contributed by atoms with Crippen LogP contribution in [0.3, 0.4) is 0 Å². The zero-order valence-corrected chi connectivity index (χ0v) is 14.7. The summed E-state index contributed by atoms with van der Waals surface area (Å²) >= 11 is 15.5. The predicted octanol–water partition coefficient (Wildman–Crippen LogP) is 5.56. The Bertz CT molecular complexity index is 688. The third-order valence-corrected chi connectivity index (χ3v) is 4.63. The van der Waals surface area contributed by atoms with Gasteiger partial charge in [-0.15, -0.1) is 0 Å². The lowest BCUT2D eigenvalue weighted by Gasteiger charge is -2.16. The molecule has 0 aromatic heterocycles. The van der Waals surface area contributed by atoms with Gasteiger partial charge in [0.15, 0.2) is 0 Å². The molecule has 110 valence electrons. The maximum Gasteiger partial charge on any atom is 0.251 e. The van der Waals surface area contributed by atoms with Crippen LogP contribution in [0.25, 0.3) is 0 Å². The highest BCUT2D eigenvalue weighted by molar-refractivity contribution is 9.10. The minimum Gasteiger partial charge on any atom is -0.345 e. The largest absolute Gasteiger partial charge is 0.345 e. The maximum absolute atomic E-state index is 12.3. The summed E-state index contributed by atoms with van der Waals surface area (Å²) in [6.45, 7) is 3.86. The highest BCUT2D eigenvalue weighted by Crippen LogP contribution is 2.26. The Morgan fingerprint density at radius 2 is 1.90 bits per heavy atom. The second kappa shape index (κ2) is 6.82. The quantitative estimate of drug-likeness (QED) is 0.735. The second-order valence-corrected chi connectivity index (χ2v) is 6.52. The molecule has 2 rings (SSSR count). The van der Waals surface area contributed by atoms with Crippen LogP contribution in [0.4, 0.5) is 0 Å². The van der Waals surface area contributed by atoms with Crippen molar-refractivity contribution < 1.29 is 4.79 Å². The van der Waals surface area contributed by atoms with E-state index in [0.29, 0.717) is 15.6 Å². The normalized spacial score (nSPS) is 12.0. The lowest BCUT2D eigenvalue weighted by atomic mass is 10.1. The molecule has 0 radical (unpaired) electrons. The fourth-order valence-electron chi connectivity index (χ4n) is 1.94. The molecule has 1 unspecified atom stereocenters. The summed E-state index contributed by atoms with van der Waals surface area (Å²) in [5.41, 5.74) is 2.52.